The summed E-state index contributed by atoms with van der Waals surface area (Å²) in [6.45, 7) is 2.00. The maximum absolute atomic E-state index is 11.3. The van der Waals surface area contributed by atoms with Crippen molar-refractivity contribution < 1.29 is 18.8 Å². The summed E-state index contributed by atoms with van der Waals surface area (Å²) in [4.78, 5) is 17.4. The number of furan rings is 1. The average Bonchev–Trinajstić information content (AvgIpc) is 3.63. The lowest BCUT2D eigenvalue weighted by atomic mass is 10.0. The second-order valence-electron chi connectivity index (χ2n) is 9.70. The second kappa shape index (κ2) is 11.3. The van der Waals surface area contributed by atoms with E-state index in [-0.39, 0.29) is 17.8 Å². The summed E-state index contributed by atoms with van der Waals surface area (Å²) in [5.41, 5.74) is 3.23. The van der Waals surface area contributed by atoms with Gasteiger partial charge in [-0.25, -0.2) is 0 Å². The third kappa shape index (κ3) is 5.15. The molecule has 3 aromatic carbocycles. The Balaban J connectivity index is 1.37. The van der Waals surface area contributed by atoms with Crippen LogP contribution in [-0.2, 0) is 0 Å². The minimum atomic E-state index is -0.461. The Morgan fingerprint density at radius 3 is 2.48 bits per heavy atom. The number of nitrogens with one attached hydrogen (secondary N) is 1. The number of rotatable bonds is 8. The van der Waals surface area contributed by atoms with Crippen molar-refractivity contribution in [2.24, 2.45) is 0 Å². The van der Waals surface area contributed by atoms with Gasteiger partial charge in [0.1, 0.15) is 34.8 Å². The van der Waals surface area contributed by atoms with Gasteiger partial charge in [0.15, 0.2) is 5.11 Å². The van der Waals surface area contributed by atoms with Crippen LogP contribution in [0.1, 0.15) is 29.1 Å². The van der Waals surface area contributed by atoms with Crippen molar-refractivity contribution in [2.75, 3.05) is 12.0 Å². The molecule has 9 nitrogen and oxygen atoms in total. The lowest BCUT2D eigenvalue weighted by Gasteiger charge is -2.26. The van der Waals surface area contributed by atoms with E-state index in [9.17, 15) is 10.1 Å². The number of nitro benzene ring substituents is 1. The molecule has 0 unspecified atom stereocenters. The topological polar surface area (TPSA) is 103 Å². The number of nitro groups is 1. The molecule has 2 atom stereocenters. The SMILES string of the molecule is COc1cc([N+](=O)[O-])ccc1-c1ccc([C@@H]2[C@@H](c3ccccn3)NC(=S)N2c2ccc(Oc3ccccc3C)cc2)o1. The highest BCUT2D eigenvalue weighted by Gasteiger charge is 2.42. The van der Waals surface area contributed by atoms with Gasteiger partial charge in [0.05, 0.1) is 35.4 Å². The van der Waals surface area contributed by atoms with Crippen molar-refractivity contribution in [1.82, 2.24) is 10.3 Å². The molecule has 10 heteroatoms. The van der Waals surface area contributed by atoms with Crippen LogP contribution in [0.3, 0.4) is 0 Å². The molecule has 0 saturated carbocycles. The summed E-state index contributed by atoms with van der Waals surface area (Å²) in [6.07, 6.45) is 1.74. The number of methoxy groups -OCH3 is 1. The van der Waals surface area contributed by atoms with E-state index in [0.29, 0.717) is 33.7 Å². The highest BCUT2D eigenvalue weighted by molar-refractivity contribution is 7.80. The van der Waals surface area contributed by atoms with E-state index in [0.717, 1.165) is 22.7 Å². The summed E-state index contributed by atoms with van der Waals surface area (Å²) in [5.74, 6) is 2.98. The van der Waals surface area contributed by atoms with E-state index in [1.807, 2.05) is 90.7 Å². The zero-order valence-corrected chi connectivity index (χ0v) is 23.6. The van der Waals surface area contributed by atoms with Crippen molar-refractivity contribution in [3.63, 3.8) is 0 Å². The van der Waals surface area contributed by atoms with Gasteiger partial charge < -0.3 is 24.1 Å². The van der Waals surface area contributed by atoms with E-state index in [2.05, 4.69) is 10.3 Å². The number of benzene rings is 3. The lowest BCUT2D eigenvalue weighted by molar-refractivity contribution is -0.384. The van der Waals surface area contributed by atoms with Crippen LogP contribution in [0.25, 0.3) is 11.3 Å². The molecule has 1 aliphatic rings. The number of aryl methyl sites for hydroxylation is 1. The van der Waals surface area contributed by atoms with Crippen LogP contribution in [0.2, 0.25) is 0 Å². The summed E-state index contributed by atoms with van der Waals surface area (Å²) in [7, 11) is 1.47. The number of ether oxygens (including phenoxy) is 2. The molecule has 1 aliphatic heterocycles. The summed E-state index contributed by atoms with van der Waals surface area (Å²) in [6, 6.07) is 28.8. The van der Waals surface area contributed by atoms with Crippen LogP contribution >= 0.6 is 12.2 Å². The largest absolute Gasteiger partial charge is 0.496 e. The van der Waals surface area contributed by atoms with Crippen LogP contribution in [0, 0.1) is 17.0 Å². The standard InChI is InChI=1S/C32H26N4O5S/c1-20-7-3-4-9-26(20)40-23-13-10-21(11-14-23)35-31(30(34-32(35)42)25-8-5-6-18-33-25)28-17-16-27(41-28)24-15-12-22(36(37)38)19-29(24)39-2/h3-19,30-31H,1-2H3,(H,34,42)/t30-,31-/m1/s1. The van der Waals surface area contributed by atoms with Crippen LogP contribution in [0.5, 0.6) is 17.2 Å². The predicted molar refractivity (Wildman–Crippen MR) is 163 cm³/mol. The van der Waals surface area contributed by atoms with Crippen molar-refractivity contribution in [3.05, 3.63) is 130 Å². The van der Waals surface area contributed by atoms with Gasteiger partial charge in [0.2, 0.25) is 0 Å². The summed E-state index contributed by atoms with van der Waals surface area (Å²) in [5, 5.41) is 15.2. The Morgan fingerprint density at radius 1 is 0.976 bits per heavy atom. The number of nitrogens with zero attached hydrogens (tertiary/aromatic N) is 3. The van der Waals surface area contributed by atoms with E-state index >= 15 is 0 Å². The van der Waals surface area contributed by atoms with Crippen LogP contribution in [-0.4, -0.2) is 22.1 Å². The Bertz CT molecular complexity index is 1760. The van der Waals surface area contributed by atoms with Gasteiger partial charge in [0.25, 0.3) is 5.69 Å². The number of para-hydroxylation sites is 1. The van der Waals surface area contributed by atoms with Gasteiger partial charge >= 0.3 is 0 Å². The molecule has 1 N–H and O–H groups in total. The number of anilines is 1. The Labute approximate surface area is 247 Å². The number of pyridine rings is 1. The Kier molecular flexibility index (Phi) is 7.28. The monoisotopic (exact) mass is 578 g/mol. The number of aromatic nitrogens is 1. The molecule has 2 aromatic heterocycles. The summed E-state index contributed by atoms with van der Waals surface area (Å²) < 4.78 is 18.0. The minimum Gasteiger partial charge on any atom is -0.496 e. The minimum absolute atomic E-state index is 0.0658. The summed E-state index contributed by atoms with van der Waals surface area (Å²) >= 11 is 5.84. The molecule has 1 saturated heterocycles. The molecule has 1 fully saturated rings. The molecular formula is C32H26N4O5S. The van der Waals surface area contributed by atoms with Crippen molar-refractivity contribution >= 4 is 28.7 Å². The van der Waals surface area contributed by atoms with Gasteiger partial charge in [-0.15, -0.1) is 0 Å². The van der Waals surface area contributed by atoms with Gasteiger partial charge in [-0.3, -0.25) is 15.1 Å². The Morgan fingerprint density at radius 2 is 1.76 bits per heavy atom. The highest BCUT2D eigenvalue weighted by Crippen LogP contribution is 2.44. The zero-order chi connectivity index (χ0) is 29.2. The first-order valence-electron chi connectivity index (χ1n) is 13.2. The maximum Gasteiger partial charge on any atom is 0.273 e. The molecule has 210 valence electrons. The molecule has 0 bridgehead atoms. The fourth-order valence-corrected chi connectivity index (χ4v) is 5.39. The van der Waals surface area contributed by atoms with Crippen LogP contribution in [0.15, 0.2) is 108 Å². The smallest absolute Gasteiger partial charge is 0.273 e. The van der Waals surface area contributed by atoms with Crippen LogP contribution in [0.4, 0.5) is 11.4 Å². The maximum atomic E-state index is 11.3. The second-order valence-corrected chi connectivity index (χ2v) is 10.1. The lowest BCUT2D eigenvalue weighted by Crippen LogP contribution is -2.29. The normalized spacial score (nSPS) is 16.2. The number of hydrogen-bond acceptors (Lipinski definition) is 7. The van der Waals surface area contributed by atoms with E-state index in [4.69, 9.17) is 26.1 Å². The average molecular weight is 579 g/mol. The zero-order valence-electron chi connectivity index (χ0n) is 22.8. The van der Waals surface area contributed by atoms with Crippen molar-refractivity contribution in [2.45, 2.75) is 19.0 Å². The van der Waals surface area contributed by atoms with E-state index in [1.54, 1.807) is 12.3 Å². The molecule has 3 heterocycles. The first kappa shape index (κ1) is 27.0. The Hall–Kier alpha value is -5.22. The predicted octanol–water partition coefficient (Wildman–Crippen LogP) is 7.54. The first-order valence-corrected chi connectivity index (χ1v) is 13.6. The first-order chi connectivity index (χ1) is 20.4. The third-order valence-corrected chi connectivity index (χ3v) is 7.43. The molecular weight excluding hydrogens is 552 g/mol. The van der Waals surface area contributed by atoms with Gasteiger partial charge in [0, 0.05) is 18.0 Å². The number of thiocarbonyl (C=S) groups is 1. The molecule has 42 heavy (non-hydrogen) atoms. The molecule has 0 amide bonds. The molecule has 0 radical (unpaired) electrons. The van der Waals surface area contributed by atoms with Gasteiger partial charge in [-0.2, -0.15) is 0 Å². The van der Waals surface area contributed by atoms with Crippen molar-refractivity contribution in [1.29, 1.82) is 0 Å². The third-order valence-electron chi connectivity index (χ3n) is 7.11. The fraction of sp³-hybridized carbons (Fsp3) is 0.125. The quantitative estimate of drug-likeness (QED) is 0.114. The number of hydrogen-bond donors (Lipinski definition) is 1. The van der Waals surface area contributed by atoms with Crippen molar-refractivity contribution in [3.8, 4) is 28.6 Å². The molecule has 0 spiro atoms. The van der Waals surface area contributed by atoms with E-state index in [1.165, 1.54) is 19.2 Å². The molecule has 6 rings (SSSR count). The highest BCUT2D eigenvalue weighted by atomic mass is 32.1. The fourth-order valence-electron chi connectivity index (χ4n) is 5.05. The van der Waals surface area contributed by atoms with Crippen LogP contribution < -0.4 is 19.7 Å². The molecule has 5 aromatic rings. The molecule has 0 aliphatic carbocycles. The van der Waals surface area contributed by atoms with Gasteiger partial charge in [-0.1, -0.05) is 24.3 Å². The van der Waals surface area contributed by atoms with Gasteiger partial charge in [-0.05, 0) is 85.4 Å². The number of non-ortho nitro benzene ring substituents is 1. The van der Waals surface area contributed by atoms with E-state index < -0.39 is 4.92 Å².